The zero-order valence-corrected chi connectivity index (χ0v) is 24.6. The third kappa shape index (κ3) is 12.8. The number of hydroxylamine groups is 2. The molecule has 10 heteroatoms. The lowest BCUT2D eigenvalue weighted by Gasteiger charge is -2.15. The van der Waals surface area contributed by atoms with Gasteiger partial charge in [-0.15, -0.1) is 0 Å². The molecule has 38 heavy (non-hydrogen) atoms. The van der Waals surface area contributed by atoms with Gasteiger partial charge in [-0.05, 0) is 54.5 Å². The van der Waals surface area contributed by atoms with E-state index in [2.05, 4.69) is 29.0 Å². The first kappa shape index (κ1) is 32.7. The van der Waals surface area contributed by atoms with Gasteiger partial charge in [0, 0.05) is 35.0 Å². The van der Waals surface area contributed by atoms with Crippen LogP contribution in [0.5, 0.6) is 0 Å². The summed E-state index contributed by atoms with van der Waals surface area (Å²) in [6.45, 7) is 17.6. The molecule has 206 valence electrons. The number of aromatic nitrogens is 2. The molecule has 2 amide bonds. The van der Waals surface area contributed by atoms with Crippen LogP contribution in [0.3, 0.4) is 0 Å². The van der Waals surface area contributed by atoms with E-state index in [1.54, 1.807) is 25.6 Å². The second kappa shape index (κ2) is 16.5. The summed E-state index contributed by atoms with van der Waals surface area (Å²) in [6, 6.07) is 11.6. The molecule has 0 spiro atoms. The molecule has 1 saturated heterocycles. The van der Waals surface area contributed by atoms with E-state index in [1.165, 1.54) is 0 Å². The Morgan fingerprint density at radius 2 is 1.47 bits per heavy atom. The molecule has 0 aliphatic carbocycles. The number of aryl methyl sites for hydroxylation is 3. The largest absolute Gasteiger partial charge is 0.392 e. The molecular weight excluding hydrogens is 502 g/mol. The van der Waals surface area contributed by atoms with Gasteiger partial charge in [-0.1, -0.05) is 60.6 Å². The average Bonchev–Trinajstić information content (AvgIpc) is 3.12. The highest BCUT2D eigenvalue weighted by Crippen LogP contribution is 2.19. The minimum atomic E-state index is -0.233. The molecule has 1 aromatic heterocycles. The Morgan fingerprint density at radius 1 is 0.947 bits per heavy atom. The van der Waals surface area contributed by atoms with Crippen molar-refractivity contribution in [3.05, 3.63) is 52.8 Å². The molecule has 3 rings (SSSR count). The highest BCUT2D eigenvalue weighted by Gasteiger charge is 2.30. The maximum Gasteiger partial charge on any atom is 0.254 e. The van der Waals surface area contributed by atoms with Gasteiger partial charge in [-0.2, -0.15) is 10.3 Å². The minimum absolute atomic E-state index is 0.0150. The normalized spacial score (nSPS) is 13.2. The number of rotatable bonds is 7. The first-order valence-electron chi connectivity index (χ1n) is 12.5. The van der Waals surface area contributed by atoms with Crippen LogP contribution in [0.15, 0.2) is 40.6 Å². The van der Waals surface area contributed by atoms with Crippen molar-refractivity contribution >= 4 is 29.3 Å². The van der Waals surface area contributed by atoms with Crippen molar-refractivity contribution in [3.63, 3.8) is 0 Å². The Bertz CT molecular complexity index is 1090. The van der Waals surface area contributed by atoms with Gasteiger partial charge >= 0.3 is 0 Å². The molecule has 2 heterocycles. The monoisotopic (exact) mass is 541 g/mol. The minimum Gasteiger partial charge on any atom is -0.392 e. The van der Waals surface area contributed by atoms with Gasteiger partial charge in [-0.3, -0.25) is 14.4 Å². The summed E-state index contributed by atoms with van der Waals surface area (Å²) in [5.74, 6) is -0.465. The lowest BCUT2D eigenvalue weighted by Crippen LogP contribution is -2.31. The standard InChI is InChI=1S/C12H14N2O.C9H14N2S.C7H11NO3/c1-9(2)15-14-12(8-13)11-6-4-10(3)5-7-11;1-6(2)12-9-10-7(3)5-8(4)11-9;1-5(2)11-8-6(9)3-4-7(8)10/h4-7,9H,1-3H3;5-6H,1-4H3;5H,3-4H2,1-2H3/b14-12-;;. The number of amides is 2. The molecule has 0 N–H and O–H groups in total. The lowest BCUT2D eigenvalue weighted by atomic mass is 10.1. The van der Waals surface area contributed by atoms with Crippen molar-refractivity contribution in [2.75, 3.05) is 0 Å². The molecule has 0 saturated carbocycles. The van der Waals surface area contributed by atoms with Crippen LogP contribution in [0.25, 0.3) is 0 Å². The topological polar surface area (TPSA) is 118 Å². The summed E-state index contributed by atoms with van der Waals surface area (Å²) in [5.41, 5.74) is 4.34. The third-order valence-corrected chi connectivity index (χ3v) is 5.28. The first-order chi connectivity index (χ1) is 17.8. The Labute approximate surface area is 230 Å². The summed E-state index contributed by atoms with van der Waals surface area (Å²) in [5, 5.41) is 15.0. The fraction of sp³-hybridized carbons (Fsp3) is 0.500. The van der Waals surface area contributed by atoms with Crippen LogP contribution in [0.2, 0.25) is 0 Å². The summed E-state index contributed by atoms with van der Waals surface area (Å²) >= 11 is 1.70. The molecule has 0 unspecified atom stereocenters. The third-order valence-electron chi connectivity index (χ3n) is 4.41. The SMILES string of the molecule is CC(C)ON1C(=O)CCC1=O.Cc1cc(C)nc(SC(C)C)n1.Cc1ccc(/C(C#N)=N\OC(C)C)cc1. The van der Waals surface area contributed by atoms with Crippen molar-refractivity contribution in [2.45, 2.75) is 97.8 Å². The van der Waals surface area contributed by atoms with Crippen LogP contribution in [-0.2, 0) is 19.3 Å². The first-order valence-corrected chi connectivity index (χ1v) is 13.4. The average molecular weight is 542 g/mol. The number of nitriles is 1. The molecule has 0 atom stereocenters. The van der Waals surface area contributed by atoms with Gasteiger partial charge in [0.2, 0.25) is 0 Å². The van der Waals surface area contributed by atoms with Gasteiger partial charge in [0.05, 0.1) is 6.10 Å². The summed E-state index contributed by atoms with van der Waals surface area (Å²) in [7, 11) is 0. The van der Waals surface area contributed by atoms with E-state index >= 15 is 0 Å². The number of carbonyl (C=O) groups is 2. The van der Waals surface area contributed by atoms with Gasteiger partial charge in [0.1, 0.15) is 12.2 Å². The van der Waals surface area contributed by atoms with Crippen LogP contribution in [0.4, 0.5) is 0 Å². The molecular formula is C28H39N5O4S. The highest BCUT2D eigenvalue weighted by molar-refractivity contribution is 7.99. The van der Waals surface area contributed by atoms with E-state index in [0.29, 0.717) is 11.0 Å². The second-order valence-electron chi connectivity index (χ2n) is 9.41. The number of thioether (sulfide) groups is 1. The Morgan fingerprint density at radius 3 is 1.89 bits per heavy atom. The van der Waals surface area contributed by atoms with Crippen LogP contribution in [0.1, 0.15) is 76.9 Å². The molecule has 0 radical (unpaired) electrons. The predicted molar refractivity (Wildman–Crippen MR) is 149 cm³/mol. The van der Waals surface area contributed by atoms with Crippen molar-refractivity contribution < 1.29 is 19.3 Å². The number of hydrogen-bond acceptors (Lipinski definition) is 9. The van der Waals surface area contributed by atoms with Gasteiger partial charge in [-0.25, -0.2) is 9.97 Å². The summed E-state index contributed by atoms with van der Waals surface area (Å²) < 4.78 is 0. The van der Waals surface area contributed by atoms with E-state index in [4.69, 9.17) is 14.9 Å². The number of oxime groups is 1. The van der Waals surface area contributed by atoms with Gasteiger partial charge in [0.15, 0.2) is 10.9 Å². The Kier molecular flexibility index (Phi) is 14.2. The molecule has 0 bridgehead atoms. The number of hydrogen-bond donors (Lipinski definition) is 0. The van der Waals surface area contributed by atoms with Gasteiger partial charge in [0.25, 0.3) is 11.8 Å². The zero-order valence-electron chi connectivity index (χ0n) is 23.8. The smallest absolute Gasteiger partial charge is 0.254 e. The number of imide groups is 1. The molecule has 2 aromatic rings. The second-order valence-corrected chi connectivity index (χ2v) is 11.0. The van der Waals surface area contributed by atoms with Crippen LogP contribution in [-0.4, -0.2) is 50.0 Å². The summed E-state index contributed by atoms with van der Waals surface area (Å²) in [4.78, 5) is 40.5. The van der Waals surface area contributed by atoms with Crippen LogP contribution < -0.4 is 0 Å². The maximum absolute atomic E-state index is 10.9. The fourth-order valence-electron chi connectivity index (χ4n) is 2.85. The number of benzene rings is 1. The number of nitrogens with zero attached hydrogens (tertiary/aromatic N) is 5. The van der Waals surface area contributed by atoms with Crippen LogP contribution in [0, 0.1) is 32.1 Å². The lowest BCUT2D eigenvalue weighted by molar-refractivity contribution is -0.198. The zero-order chi connectivity index (χ0) is 28.8. The predicted octanol–water partition coefficient (Wildman–Crippen LogP) is 5.72. The maximum atomic E-state index is 10.9. The van der Waals surface area contributed by atoms with Crippen LogP contribution >= 0.6 is 11.8 Å². The summed E-state index contributed by atoms with van der Waals surface area (Å²) in [6.07, 6.45) is 0.427. The van der Waals surface area contributed by atoms with E-state index in [1.807, 2.05) is 71.0 Å². The van der Waals surface area contributed by atoms with Crippen molar-refractivity contribution in [1.82, 2.24) is 15.0 Å². The quantitative estimate of drug-likeness (QED) is 0.144. The van der Waals surface area contributed by atoms with E-state index < -0.39 is 0 Å². The van der Waals surface area contributed by atoms with E-state index in [9.17, 15) is 9.59 Å². The molecule has 1 aliphatic heterocycles. The van der Waals surface area contributed by atoms with Gasteiger partial charge < -0.3 is 4.84 Å². The Hall–Kier alpha value is -3.29. The van der Waals surface area contributed by atoms with Crippen molar-refractivity contribution in [1.29, 1.82) is 5.26 Å². The molecule has 1 aromatic carbocycles. The molecule has 1 fully saturated rings. The fourth-order valence-corrected chi connectivity index (χ4v) is 3.66. The Balaban J connectivity index is 0.000000289. The highest BCUT2D eigenvalue weighted by atomic mass is 32.2. The van der Waals surface area contributed by atoms with E-state index in [-0.39, 0.29) is 36.9 Å². The molecule has 1 aliphatic rings. The number of carbonyl (C=O) groups excluding carboxylic acids is 2. The van der Waals surface area contributed by atoms with Crippen molar-refractivity contribution in [2.24, 2.45) is 5.16 Å². The molecule has 9 nitrogen and oxygen atoms in total. The van der Waals surface area contributed by atoms with Crippen molar-refractivity contribution in [3.8, 4) is 6.07 Å². The van der Waals surface area contributed by atoms with E-state index in [0.717, 1.165) is 32.7 Å².